The molecule has 3 aromatic rings. The molecule has 0 bridgehead atoms. The van der Waals surface area contributed by atoms with Crippen LogP contribution in [0.4, 0.5) is 0 Å². The maximum atomic E-state index is 12.5. The van der Waals surface area contributed by atoms with Gasteiger partial charge in [0.2, 0.25) is 5.90 Å². The van der Waals surface area contributed by atoms with Crippen molar-refractivity contribution < 1.29 is 19.0 Å². The van der Waals surface area contributed by atoms with Gasteiger partial charge >= 0.3 is 5.97 Å². The number of carbonyl (C=O) groups excluding carboxylic acids is 1. The van der Waals surface area contributed by atoms with Gasteiger partial charge in [-0.05, 0) is 116 Å². The third kappa shape index (κ3) is 5.96. The van der Waals surface area contributed by atoms with Crippen LogP contribution in [0.1, 0.15) is 23.6 Å². The van der Waals surface area contributed by atoms with E-state index in [2.05, 4.69) is 66.1 Å². The Balaban J connectivity index is 1.62. The first-order valence-corrected chi connectivity index (χ1v) is 13.0. The molecule has 0 amide bonds. The Labute approximate surface area is 227 Å². The molecule has 0 aromatic heterocycles. The zero-order chi connectivity index (χ0) is 23.4. The van der Waals surface area contributed by atoms with Gasteiger partial charge in [-0.25, -0.2) is 9.79 Å². The fraction of sp³-hybridized carbons (Fsp3) is 0.120. The molecule has 0 radical (unpaired) electrons. The summed E-state index contributed by atoms with van der Waals surface area (Å²) in [5, 5.41) is 0. The minimum atomic E-state index is -0.489. The van der Waals surface area contributed by atoms with Crippen molar-refractivity contribution in [3.05, 3.63) is 94.7 Å². The number of hydrogen-bond acceptors (Lipinski definition) is 5. The van der Waals surface area contributed by atoms with Gasteiger partial charge in [-0.2, -0.15) is 0 Å². The van der Waals surface area contributed by atoms with E-state index in [9.17, 15) is 4.79 Å². The molecule has 0 saturated carbocycles. The molecule has 0 spiro atoms. The van der Waals surface area contributed by atoms with Crippen molar-refractivity contribution in [3.8, 4) is 11.5 Å². The Morgan fingerprint density at radius 3 is 2.55 bits per heavy atom. The molecule has 168 valence electrons. The molecule has 33 heavy (non-hydrogen) atoms. The number of nitrogens with zero attached hydrogens (tertiary/aromatic N) is 1. The lowest BCUT2D eigenvalue weighted by Gasteiger charge is -2.15. The van der Waals surface area contributed by atoms with Crippen LogP contribution in [0, 0.1) is 7.14 Å². The Bertz CT molecular complexity index is 1260. The summed E-state index contributed by atoms with van der Waals surface area (Å²) in [6.07, 6.45) is 1.70. The molecule has 0 aliphatic carbocycles. The predicted molar refractivity (Wildman–Crippen MR) is 149 cm³/mol. The van der Waals surface area contributed by atoms with Crippen LogP contribution >= 0.6 is 61.1 Å². The molecule has 1 heterocycles. The fourth-order valence-corrected chi connectivity index (χ4v) is 4.62. The maximum Gasteiger partial charge on any atom is 0.363 e. The molecule has 0 fully saturated rings. The van der Waals surface area contributed by atoms with Crippen LogP contribution in [-0.2, 0) is 16.1 Å². The number of rotatable bonds is 7. The lowest BCUT2D eigenvalue weighted by molar-refractivity contribution is -0.129. The monoisotopic (exact) mass is 729 g/mol. The molecule has 1 aliphatic heterocycles. The van der Waals surface area contributed by atoms with Gasteiger partial charge < -0.3 is 14.2 Å². The van der Waals surface area contributed by atoms with Gasteiger partial charge in [-0.1, -0.05) is 30.3 Å². The normalized spacial score (nSPS) is 14.2. The largest absolute Gasteiger partial charge is 0.490 e. The zero-order valence-electron chi connectivity index (χ0n) is 17.5. The van der Waals surface area contributed by atoms with Crippen molar-refractivity contribution in [1.82, 2.24) is 0 Å². The number of hydrogen-bond donors (Lipinski definition) is 0. The summed E-state index contributed by atoms with van der Waals surface area (Å²) in [5.41, 5.74) is 2.81. The molecule has 0 unspecified atom stereocenters. The molecule has 1 aliphatic rings. The van der Waals surface area contributed by atoms with Crippen molar-refractivity contribution >= 4 is 79.1 Å². The van der Waals surface area contributed by atoms with Gasteiger partial charge in [-0.15, -0.1) is 0 Å². The third-order valence-corrected chi connectivity index (χ3v) is 7.79. The van der Waals surface area contributed by atoms with Gasteiger partial charge in [-0.3, -0.25) is 0 Å². The van der Waals surface area contributed by atoms with E-state index < -0.39 is 5.97 Å². The van der Waals surface area contributed by atoms with E-state index in [4.69, 9.17) is 14.2 Å². The van der Waals surface area contributed by atoms with E-state index in [-0.39, 0.29) is 11.6 Å². The van der Waals surface area contributed by atoms with Crippen molar-refractivity contribution in [3.63, 3.8) is 0 Å². The molecule has 0 N–H and O–H groups in total. The molecule has 5 nitrogen and oxygen atoms in total. The average molecular weight is 730 g/mol. The minimum absolute atomic E-state index is 0.232. The number of aliphatic imine (C=N–C) groups is 1. The first-order chi connectivity index (χ1) is 15.9. The average Bonchev–Trinajstić information content (AvgIpc) is 3.16. The third-order valence-electron chi connectivity index (χ3n) is 4.65. The van der Waals surface area contributed by atoms with E-state index >= 15 is 0 Å². The second-order valence-corrected chi connectivity index (χ2v) is 10.2. The molecular weight excluding hydrogens is 712 g/mol. The predicted octanol–water partition coefficient (Wildman–Crippen LogP) is 6.98. The second-order valence-electron chi connectivity index (χ2n) is 7.00. The Hall–Kier alpha value is -1.92. The van der Waals surface area contributed by atoms with Gasteiger partial charge in [0.1, 0.15) is 6.61 Å². The highest BCUT2D eigenvalue weighted by atomic mass is 127. The molecular formula is C25H18BrI2NO4. The lowest BCUT2D eigenvalue weighted by Crippen LogP contribution is -2.05. The highest BCUT2D eigenvalue weighted by molar-refractivity contribution is 14.1. The van der Waals surface area contributed by atoms with Crippen LogP contribution in [0.15, 0.2) is 75.8 Å². The highest BCUT2D eigenvalue weighted by Crippen LogP contribution is 2.36. The Kier molecular flexibility index (Phi) is 8.07. The van der Waals surface area contributed by atoms with Gasteiger partial charge in [0.05, 0.1) is 10.2 Å². The first kappa shape index (κ1) is 24.2. The summed E-state index contributed by atoms with van der Waals surface area (Å²) in [4.78, 5) is 16.9. The van der Waals surface area contributed by atoms with Gasteiger partial charge in [0, 0.05) is 13.6 Å². The number of ether oxygens (including phenoxy) is 3. The van der Waals surface area contributed by atoms with E-state index in [1.807, 2.05) is 67.6 Å². The van der Waals surface area contributed by atoms with Crippen molar-refractivity contribution in [2.24, 2.45) is 4.99 Å². The number of esters is 1. The second kappa shape index (κ2) is 11.0. The number of halogens is 3. The summed E-state index contributed by atoms with van der Waals surface area (Å²) in [5.74, 6) is 1.08. The van der Waals surface area contributed by atoms with Crippen LogP contribution in [0.5, 0.6) is 11.5 Å². The summed E-state index contributed by atoms with van der Waals surface area (Å²) < 4.78 is 20.2. The maximum absolute atomic E-state index is 12.5. The van der Waals surface area contributed by atoms with Crippen LogP contribution in [0.2, 0.25) is 0 Å². The molecule has 4 rings (SSSR count). The topological polar surface area (TPSA) is 57.1 Å². The van der Waals surface area contributed by atoms with Crippen LogP contribution in [-0.4, -0.2) is 18.5 Å². The van der Waals surface area contributed by atoms with Crippen molar-refractivity contribution in [2.45, 2.75) is 13.5 Å². The molecule has 0 atom stereocenters. The highest BCUT2D eigenvalue weighted by Gasteiger charge is 2.25. The SMILES string of the molecule is CCOc1cc(/C=C2\N=C(c3ccc(I)c(Br)c3)OC2=O)cc(I)c1OCc1ccccc1. The summed E-state index contributed by atoms with van der Waals surface area (Å²) in [6.45, 7) is 2.84. The number of cyclic esters (lactones) is 1. The standard InChI is InChI=1S/C25H18BrI2NO4/c1-2-31-22-12-16(10-20(28)23(22)32-14-15-6-4-3-5-7-15)11-21-25(30)33-24(29-21)17-8-9-19(27)18(26)13-17/h3-13H,2,14H2,1H3/b21-11-. The Morgan fingerprint density at radius 1 is 1.03 bits per heavy atom. The molecule has 8 heteroatoms. The Morgan fingerprint density at radius 2 is 1.82 bits per heavy atom. The van der Waals surface area contributed by atoms with E-state index in [0.29, 0.717) is 24.7 Å². The summed E-state index contributed by atoms with van der Waals surface area (Å²) in [7, 11) is 0. The number of carbonyl (C=O) groups is 1. The molecule has 0 saturated heterocycles. The van der Waals surface area contributed by atoms with Crippen molar-refractivity contribution in [1.29, 1.82) is 0 Å². The minimum Gasteiger partial charge on any atom is -0.490 e. The quantitative estimate of drug-likeness (QED) is 0.150. The van der Waals surface area contributed by atoms with Crippen molar-refractivity contribution in [2.75, 3.05) is 6.61 Å². The van der Waals surface area contributed by atoms with Crippen LogP contribution in [0.25, 0.3) is 6.08 Å². The number of benzene rings is 3. The molecule has 3 aromatic carbocycles. The summed E-state index contributed by atoms with van der Waals surface area (Å²) >= 11 is 7.93. The van der Waals surface area contributed by atoms with Gasteiger partial charge in [0.25, 0.3) is 0 Å². The van der Waals surface area contributed by atoms with Crippen LogP contribution in [0.3, 0.4) is 0 Å². The van der Waals surface area contributed by atoms with E-state index in [1.54, 1.807) is 6.08 Å². The lowest BCUT2D eigenvalue weighted by atomic mass is 10.1. The first-order valence-electron chi connectivity index (χ1n) is 10.1. The smallest absolute Gasteiger partial charge is 0.363 e. The fourth-order valence-electron chi connectivity index (χ4n) is 3.12. The van der Waals surface area contributed by atoms with E-state index in [0.717, 1.165) is 28.3 Å². The van der Waals surface area contributed by atoms with E-state index in [1.165, 1.54) is 0 Å². The van der Waals surface area contributed by atoms with Gasteiger partial charge in [0.15, 0.2) is 17.2 Å². The zero-order valence-corrected chi connectivity index (χ0v) is 23.4. The summed E-state index contributed by atoms with van der Waals surface area (Å²) in [6, 6.07) is 19.4. The van der Waals surface area contributed by atoms with Crippen LogP contribution < -0.4 is 9.47 Å².